The van der Waals surface area contributed by atoms with Crippen LogP contribution in [0.15, 0.2) is 30.5 Å². The van der Waals surface area contributed by atoms with Gasteiger partial charge < -0.3 is 14.2 Å². The lowest BCUT2D eigenvalue weighted by Crippen LogP contribution is -2.44. The average Bonchev–Trinajstić information content (AvgIpc) is 2.56. The van der Waals surface area contributed by atoms with Crippen LogP contribution in [0, 0.1) is 11.7 Å². The molecule has 3 nitrogen and oxygen atoms in total. The third-order valence-electron chi connectivity index (χ3n) is 4.05. The average molecular weight is 398 g/mol. The molecule has 1 aliphatic rings. The zero-order chi connectivity index (χ0) is 20.1. The first-order valence-electron chi connectivity index (χ1n) is 8.50. The van der Waals surface area contributed by atoms with E-state index in [9.17, 15) is 26.3 Å². The maximum Gasteiger partial charge on any atom is 0.424 e. The van der Waals surface area contributed by atoms with Crippen LogP contribution in [0.1, 0.15) is 32.6 Å². The van der Waals surface area contributed by atoms with Crippen molar-refractivity contribution in [2.24, 2.45) is 5.92 Å². The number of ether oxygens (including phenoxy) is 3. The maximum absolute atomic E-state index is 14.2. The Balaban J connectivity index is 1.96. The van der Waals surface area contributed by atoms with Crippen molar-refractivity contribution < 1.29 is 40.6 Å². The molecule has 0 radical (unpaired) electrons. The Labute approximate surface area is 152 Å². The van der Waals surface area contributed by atoms with Crippen molar-refractivity contribution in [2.45, 2.75) is 51.0 Å². The molecular weight excluding hydrogens is 378 g/mol. The van der Waals surface area contributed by atoms with E-state index >= 15 is 0 Å². The van der Waals surface area contributed by atoms with Gasteiger partial charge in [-0.2, -0.15) is 22.0 Å². The van der Waals surface area contributed by atoms with Gasteiger partial charge >= 0.3 is 12.3 Å². The summed E-state index contributed by atoms with van der Waals surface area (Å²) >= 11 is 0. The Morgan fingerprint density at radius 2 is 1.93 bits per heavy atom. The second-order valence-electron chi connectivity index (χ2n) is 6.27. The summed E-state index contributed by atoms with van der Waals surface area (Å²) in [5, 5.41) is 0. The van der Waals surface area contributed by atoms with Crippen LogP contribution < -0.4 is 9.47 Å². The van der Waals surface area contributed by atoms with Gasteiger partial charge in [-0.15, -0.1) is 0 Å². The van der Waals surface area contributed by atoms with Crippen molar-refractivity contribution >= 4 is 0 Å². The molecule has 0 amide bonds. The van der Waals surface area contributed by atoms with Crippen LogP contribution in [0.5, 0.6) is 11.5 Å². The van der Waals surface area contributed by atoms with Gasteiger partial charge in [-0.05, 0) is 37.3 Å². The smallest absolute Gasteiger partial charge is 0.424 e. The highest BCUT2D eigenvalue weighted by molar-refractivity contribution is 5.33. The molecule has 1 saturated heterocycles. The van der Waals surface area contributed by atoms with Gasteiger partial charge in [0.2, 0.25) is 0 Å². The van der Waals surface area contributed by atoms with Crippen molar-refractivity contribution in [1.82, 2.24) is 0 Å². The van der Waals surface area contributed by atoms with E-state index < -0.39 is 35.7 Å². The Hall–Kier alpha value is -1.90. The van der Waals surface area contributed by atoms with Gasteiger partial charge in [0.15, 0.2) is 17.7 Å². The van der Waals surface area contributed by atoms with Gasteiger partial charge in [-0.25, -0.2) is 4.39 Å². The number of hydrogen-bond acceptors (Lipinski definition) is 3. The largest absolute Gasteiger partial charge is 0.462 e. The van der Waals surface area contributed by atoms with Gasteiger partial charge in [-0.1, -0.05) is 13.3 Å². The summed E-state index contributed by atoms with van der Waals surface area (Å²) in [6.45, 7) is 2.22. The van der Waals surface area contributed by atoms with E-state index in [0.717, 1.165) is 25.0 Å². The predicted octanol–water partition coefficient (Wildman–Crippen LogP) is 5.85. The van der Waals surface area contributed by atoms with E-state index in [-0.39, 0.29) is 31.3 Å². The molecule has 1 aromatic rings. The minimum Gasteiger partial charge on any atom is -0.462 e. The maximum atomic E-state index is 14.2. The Kier molecular flexibility index (Phi) is 7.02. The Morgan fingerprint density at radius 3 is 2.48 bits per heavy atom. The number of halogens is 6. The first-order valence-corrected chi connectivity index (χ1v) is 8.50. The van der Waals surface area contributed by atoms with Crippen molar-refractivity contribution in [2.75, 3.05) is 6.61 Å². The monoisotopic (exact) mass is 398 g/mol. The van der Waals surface area contributed by atoms with Crippen molar-refractivity contribution in [1.29, 1.82) is 0 Å². The first-order chi connectivity index (χ1) is 12.6. The fourth-order valence-corrected chi connectivity index (χ4v) is 2.75. The van der Waals surface area contributed by atoms with Crippen molar-refractivity contribution in [3.63, 3.8) is 0 Å². The molecule has 1 heterocycles. The zero-order valence-corrected chi connectivity index (χ0v) is 14.6. The minimum absolute atomic E-state index is 0.115. The molecule has 9 heteroatoms. The van der Waals surface area contributed by atoms with Gasteiger partial charge in [-0.3, -0.25) is 0 Å². The summed E-state index contributed by atoms with van der Waals surface area (Å²) < 4.78 is 92.5. The molecule has 0 aromatic heterocycles. The number of hydrogen-bond donors (Lipinski definition) is 0. The topological polar surface area (TPSA) is 27.7 Å². The highest BCUT2D eigenvalue weighted by Crippen LogP contribution is 2.35. The molecule has 0 aliphatic carbocycles. The SMILES string of the molecule is CCCC1CCC(C(F)(F)Oc2ccc(OC=CC(F)(F)F)c(F)c2)OC1. The summed E-state index contributed by atoms with van der Waals surface area (Å²) in [6, 6.07) is 2.50. The van der Waals surface area contributed by atoms with Crippen molar-refractivity contribution in [3.05, 3.63) is 36.4 Å². The van der Waals surface area contributed by atoms with Gasteiger partial charge in [0.1, 0.15) is 5.75 Å². The first kappa shape index (κ1) is 21.4. The summed E-state index contributed by atoms with van der Waals surface area (Å²) in [5.74, 6) is -1.94. The number of allylic oxidation sites excluding steroid dienone is 1. The van der Waals surface area contributed by atoms with E-state index in [1.54, 1.807) is 0 Å². The Bertz CT molecular complexity index is 636. The molecule has 0 bridgehead atoms. The zero-order valence-electron chi connectivity index (χ0n) is 14.6. The number of rotatable bonds is 7. The van der Waals surface area contributed by atoms with E-state index in [4.69, 9.17) is 4.74 Å². The van der Waals surface area contributed by atoms with Crippen LogP contribution in [-0.4, -0.2) is 25.0 Å². The summed E-state index contributed by atoms with van der Waals surface area (Å²) in [6.07, 6.45) is -7.15. The van der Waals surface area contributed by atoms with E-state index in [2.05, 4.69) is 9.47 Å². The van der Waals surface area contributed by atoms with E-state index in [1.165, 1.54) is 0 Å². The lowest BCUT2D eigenvalue weighted by atomic mass is 9.94. The summed E-state index contributed by atoms with van der Waals surface area (Å²) in [7, 11) is 0. The van der Waals surface area contributed by atoms with Gasteiger partial charge in [0.05, 0.1) is 18.9 Å². The summed E-state index contributed by atoms with van der Waals surface area (Å²) in [5.41, 5.74) is 0. The highest BCUT2D eigenvalue weighted by atomic mass is 19.4. The molecule has 1 fully saturated rings. The van der Waals surface area contributed by atoms with Crippen molar-refractivity contribution in [3.8, 4) is 11.5 Å². The molecule has 0 N–H and O–H groups in total. The standard InChI is InChI=1S/C18H20F6O3/c1-2-3-12-4-7-16(26-11-12)18(23,24)27-13-5-6-15(14(19)10-13)25-9-8-17(20,21)22/h5-6,8-10,12,16H,2-4,7,11H2,1H3. The van der Waals surface area contributed by atoms with Gasteiger partial charge in [0, 0.05) is 6.07 Å². The molecule has 2 rings (SSSR count). The second kappa shape index (κ2) is 8.86. The fourth-order valence-electron chi connectivity index (χ4n) is 2.75. The Morgan fingerprint density at radius 1 is 1.19 bits per heavy atom. The van der Waals surface area contributed by atoms with Crippen LogP contribution >= 0.6 is 0 Å². The quantitative estimate of drug-likeness (QED) is 0.426. The molecule has 1 aliphatic heterocycles. The van der Waals surface area contributed by atoms with E-state index in [1.807, 2.05) is 6.92 Å². The third-order valence-corrected chi connectivity index (χ3v) is 4.05. The van der Waals surface area contributed by atoms with Crippen LogP contribution in [-0.2, 0) is 4.74 Å². The van der Waals surface area contributed by atoms with Crippen LogP contribution in [0.2, 0.25) is 0 Å². The third kappa shape index (κ3) is 6.64. The summed E-state index contributed by atoms with van der Waals surface area (Å²) in [4.78, 5) is 0. The lowest BCUT2D eigenvalue weighted by Gasteiger charge is -2.33. The molecule has 2 unspecified atom stereocenters. The van der Waals surface area contributed by atoms with Crippen LogP contribution in [0.3, 0.4) is 0 Å². The molecule has 1 aromatic carbocycles. The highest BCUT2D eigenvalue weighted by Gasteiger charge is 2.45. The molecule has 0 saturated carbocycles. The van der Waals surface area contributed by atoms with Crippen LogP contribution in [0.4, 0.5) is 26.3 Å². The molecule has 0 spiro atoms. The fraction of sp³-hybridized carbons (Fsp3) is 0.556. The number of alkyl halides is 5. The molecule has 27 heavy (non-hydrogen) atoms. The number of benzene rings is 1. The minimum atomic E-state index is -4.61. The predicted molar refractivity (Wildman–Crippen MR) is 85.2 cm³/mol. The second-order valence-corrected chi connectivity index (χ2v) is 6.27. The van der Waals surface area contributed by atoms with E-state index in [0.29, 0.717) is 12.5 Å². The normalized spacial score (nSPS) is 21.4. The van der Waals surface area contributed by atoms with Crippen LogP contribution in [0.25, 0.3) is 0 Å². The lowest BCUT2D eigenvalue weighted by molar-refractivity contribution is -0.265. The molecule has 152 valence electrons. The molecular formula is C18H20F6O3. The molecule has 2 atom stereocenters. The van der Waals surface area contributed by atoms with Gasteiger partial charge in [0.25, 0.3) is 0 Å².